The lowest BCUT2D eigenvalue weighted by Crippen LogP contribution is -2.65. The van der Waals surface area contributed by atoms with Crippen LogP contribution in [0.15, 0.2) is 42.7 Å². The smallest absolute Gasteiger partial charge is 0.295 e. The van der Waals surface area contributed by atoms with E-state index < -0.39 is 23.9 Å². The van der Waals surface area contributed by atoms with Gasteiger partial charge in [-0.25, -0.2) is 16.3 Å². The van der Waals surface area contributed by atoms with E-state index in [1.165, 1.54) is 22.3 Å². The second-order valence-electron chi connectivity index (χ2n) is 9.26. The number of carbonyl (C=O) groups is 3. The van der Waals surface area contributed by atoms with Crippen molar-refractivity contribution in [3.63, 3.8) is 0 Å². The lowest BCUT2D eigenvalue weighted by Gasteiger charge is -2.42. The van der Waals surface area contributed by atoms with Gasteiger partial charge in [-0.1, -0.05) is 18.2 Å². The maximum Gasteiger partial charge on any atom is 0.295 e. The van der Waals surface area contributed by atoms with Crippen LogP contribution in [0.5, 0.6) is 0 Å². The average molecular weight is 539 g/mol. The number of anilines is 2. The second-order valence-corrected chi connectivity index (χ2v) is 9.26. The topological polar surface area (TPSA) is 189 Å². The first-order chi connectivity index (χ1) is 18.8. The summed E-state index contributed by atoms with van der Waals surface area (Å²) < 4.78 is 0. The minimum absolute atomic E-state index is 0.0577. The fraction of sp³-hybridized carbons (Fsp3) is 0.360. The van der Waals surface area contributed by atoms with Crippen LogP contribution in [0.4, 0.5) is 11.4 Å². The number of fused-ring (bicyclic) bond motifs is 1. The number of Topliss-reactive ketones (excluding diaryl/α,β-unsaturated/α-hetero) is 1. The van der Waals surface area contributed by atoms with Crippen molar-refractivity contribution in [3.8, 4) is 0 Å². The normalized spacial score (nSPS) is 14.7. The van der Waals surface area contributed by atoms with Gasteiger partial charge in [0, 0.05) is 58.4 Å². The number of piperazine rings is 1. The van der Waals surface area contributed by atoms with Gasteiger partial charge in [-0.3, -0.25) is 30.1 Å². The zero-order valence-corrected chi connectivity index (χ0v) is 21.9. The molecule has 1 unspecified atom stereocenters. The van der Waals surface area contributed by atoms with Gasteiger partial charge < -0.3 is 25.2 Å². The minimum atomic E-state index is -0.691. The maximum absolute atomic E-state index is 13.5. The number of pyridine rings is 1. The van der Waals surface area contributed by atoms with Gasteiger partial charge >= 0.3 is 0 Å². The zero-order chi connectivity index (χ0) is 28.1. The number of ketones is 1. The van der Waals surface area contributed by atoms with Crippen LogP contribution in [-0.4, -0.2) is 102 Å². The molecule has 1 aliphatic heterocycles. The van der Waals surface area contributed by atoms with Gasteiger partial charge in [0.2, 0.25) is 0 Å². The molecule has 3 aromatic rings. The second kappa shape index (κ2) is 12.2. The van der Waals surface area contributed by atoms with Gasteiger partial charge in [0.05, 0.1) is 35.3 Å². The van der Waals surface area contributed by atoms with Crippen LogP contribution in [0.1, 0.15) is 20.8 Å². The van der Waals surface area contributed by atoms with E-state index in [9.17, 15) is 14.4 Å². The predicted molar refractivity (Wildman–Crippen MR) is 147 cm³/mol. The number of aliphatic hydroxyl groups is 1. The molecule has 208 valence electrons. The summed E-state index contributed by atoms with van der Waals surface area (Å²) in [7, 11) is 3.56. The van der Waals surface area contributed by atoms with Crippen molar-refractivity contribution >= 4 is 39.9 Å². The Hall–Kier alpha value is -4.08. The molecule has 1 atom stereocenters. The first kappa shape index (κ1) is 27.9. The zero-order valence-electron chi connectivity index (χ0n) is 21.9. The summed E-state index contributed by atoms with van der Waals surface area (Å²) in [6, 6.07) is 9.37. The van der Waals surface area contributed by atoms with Crippen LogP contribution in [0.3, 0.4) is 0 Å². The maximum atomic E-state index is 13.5. The summed E-state index contributed by atoms with van der Waals surface area (Å²) in [5.74, 6) is 10.3. The fourth-order valence-electron chi connectivity index (χ4n) is 4.61. The van der Waals surface area contributed by atoms with Crippen LogP contribution in [0.2, 0.25) is 0 Å². The summed E-state index contributed by atoms with van der Waals surface area (Å²) in [4.78, 5) is 51.8. The molecule has 39 heavy (non-hydrogen) atoms. The van der Waals surface area contributed by atoms with E-state index in [1.807, 2.05) is 35.2 Å². The summed E-state index contributed by atoms with van der Waals surface area (Å²) in [6.45, 7) is 1.30. The number of hydrogen-bond donors (Lipinski definition) is 6. The number of nitrogens with zero attached hydrogens (tertiary/aromatic N) is 5. The third-order valence-electron chi connectivity index (χ3n) is 6.64. The van der Waals surface area contributed by atoms with Gasteiger partial charge in [0.15, 0.2) is 12.0 Å². The first-order valence-electron chi connectivity index (χ1n) is 12.5. The SMILES string of the molecule is CN(C)c1cnc(C(=O)NCCO)c2[nH]cc(C(=O)C(=O)N3CCN(C(NN)N(N)c4ccccc4)CC3)c12. The number of amides is 2. The highest BCUT2D eigenvalue weighted by molar-refractivity contribution is 6.45. The van der Waals surface area contributed by atoms with Crippen molar-refractivity contribution in [2.24, 2.45) is 11.7 Å². The summed E-state index contributed by atoms with van der Waals surface area (Å²) in [6.07, 6.45) is 2.40. The number of carbonyl (C=O) groups excluding carboxylic acids is 3. The number of hydrogen-bond acceptors (Lipinski definition) is 11. The Morgan fingerprint density at radius 2 is 1.85 bits per heavy atom. The average Bonchev–Trinajstić information content (AvgIpc) is 3.41. The summed E-state index contributed by atoms with van der Waals surface area (Å²) in [5.41, 5.74) is 4.61. The van der Waals surface area contributed by atoms with E-state index in [4.69, 9.17) is 16.8 Å². The Kier molecular flexibility index (Phi) is 8.73. The largest absolute Gasteiger partial charge is 0.395 e. The number of nitrogens with one attached hydrogen (secondary N) is 3. The third-order valence-corrected chi connectivity index (χ3v) is 6.64. The van der Waals surface area contributed by atoms with Crippen molar-refractivity contribution in [1.82, 2.24) is 30.5 Å². The predicted octanol–water partition coefficient (Wildman–Crippen LogP) is -1.19. The third kappa shape index (κ3) is 5.69. The molecule has 1 fully saturated rings. The lowest BCUT2D eigenvalue weighted by molar-refractivity contribution is -0.128. The molecule has 8 N–H and O–H groups in total. The fourth-order valence-corrected chi connectivity index (χ4v) is 4.61. The van der Waals surface area contributed by atoms with E-state index in [2.05, 4.69) is 20.7 Å². The highest BCUT2D eigenvalue weighted by atomic mass is 16.3. The van der Waals surface area contributed by atoms with Gasteiger partial charge in [-0.15, -0.1) is 0 Å². The number of H-pyrrole nitrogens is 1. The van der Waals surface area contributed by atoms with Crippen molar-refractivity contribution < 1.29 is 19.5 Å². The van der Waals surface area contributed by atoms with Crippen LogP contribution in [0, 0.1) is 0 Å². The Labute approximate surface area is 225 Å². The standard InChI is InChI=1S/C25H34N10O4/c1-32(2)18-15-30-21(23(38)28-8-13-36)20-19(18)17(14-29-20)22(37)24(39)33-9-11-34(12-10-33)25(31-26)35(27)16-6-4-3-5-7-16/h3-7,14-15,25,29,31,36H,8-13,26-27H2,1-2H3,(H,28,38). The molecular weight excluding hydrogens is 504 g/mol. The number of benzene rings is 1. The van der Waals surface area contributed by atoms with Crippen molar-refractivity contribution in [1.29, 1.82) is 0 Å². The van der Waals surface area contributed by atoms with E-state index in [-0.39, 0.29) is 24.4 Å². The van der Waals surface area contributed by atoms with E-state index >= 15 is 0 Å². The quantitative estimate of drug-likeness (QED) is 0.0598. The van der Waals surface area contributed by atoms with Crippen LogP contribution < -0.4 is 32.3 Å². The van der Waals surface area contributed by atoms with Gasteiger partial charge in [0.25, 0.3) is 17.6 Å². The van der Waals surface area contributed by atoms with E-state index in [0.717, 1.165) is 5.69 Å². The molecule has 1 aliphatic rings. The molecule has 1 saturated heterocycles. The van der Waals surface area contributed by atoms with Crippen LogP contribution >= 0.6 is 0 Å². The minimum Gasteiger partial charge on any atom is -0.395 e. The molecule has 0 spiro atoms. The molecule has 0 aliphatic carbocycles. The van der Waals surface area contributed by atoms with Crippen LogP contribution in [-0.2, 0) is 4.79 Å². The van der Waals surface area contributed by atoms with Crippen molar-refractivity contribution in [2.75, 3.05) is 63.3 Å². The number of aliphatic hydroxyl groups excluding tert-OH is 1. The Morgan fingerprint density at radius 3 is 2.46 bits per heavy atom. The molecule has 3 heterocycles. The van der Waals surface area contributed by atoms with Crippen molar-refractivity contribution in [3.05, 3.63) is 54.0 Å². The lowest BCUT2D eigenvalue weighted by atomic mass is 10.1. The number of rotatable bonds is 10. The molecule has 0 saturated carbocycles. The van der Waals surface area contributed by atoms with E-state index in [1.54, 1.807) is 19.0 Å². The monoisotopic (exact) mass is 538 g/mol. The van der Waals surface area contributed by atoms with Gasteiger partial charge in [0.1, 0.15) is 0 Å². The summed E-state index contributed by atoms with van der Waals surface area (Å²) >= 11 is 0. The summed E-state index contributed by atoms with van der Waals surface area (Å²) in [5, 5.41) is 13.5. The number of aromatic nitrogens is 2. The molecule has 14 heteroatoms. The highest BCUT2D eigenvalue weighted by Gasteiger charge is 2.33. The number of aromatic amines is 1. The number of nitrogens with two attached hydrogens (primary N) is 2. The molecule has 2 aromatic heterocycles. The molecule has 0 bridgehead atoms. The van der Waals surface area contributed by atoms with Gasteiger partial charge in [-0.2, -0.15) is 0 Å². The van der Waals surface area contributed by atoms with Crippen LogP contribution in [0.25, 0.3) is 10.9 Å². The highest BCUT2D eigenvalue weighted by Crippen LogP contribution is 2.30. The van der Waals surface area contributed by atoms with E-state index in [0.29, 0.717) is 42.8 Å². The molecule has 14 nitrogen and oxygen atoms in total. The Morgan fingerprint density at radius 1 is 1.15 bits per heavy atom. The number of para-hydroxylation sites is 1. The van der Waals surface area contributed by atoms with Gasteiger partial charge in [-0.05, 0) is 12.1 Å². The molecule has 1 aromatic carbocycles. The molecule has 0 radical (unpaired) electrons. The Bertz CT molecular complexity index is 1320. The Balaban J connectivity index is 1.52. The molecule has 4 rings (SSSR count). The number of hydrazine groups is 2. The first-order valence-corrected chi connectivity index (χ1v) is 12.5. The van der Waals surface area contributed by atoms with Crippen molar-refractivity contribution in [2.45, 2.75) is 6.29 Å². The molecular formula is C25H34N10O4. The molecule has 2 amide bonds.